The van der Waals surface area contributed by atoms with Crippen molar-refractivity contribution in [2.24, 2.45) is 0 Å². The number of nitro benzene ring substituents is 1. The van der Waals surface area contributed by atoms with E-state index in [2.05, 4.69) is 5.32 Å². The summed E-state index contributed by atoms with van der Waals surface area (Å²) in [6.07, 6.45) is 0.0130. The molecule has 0 unspecified atom stereocenters. The van der Waals surface area contributed by atoms with Gasteiger partial charge < -0.3 is 10.4 Å². The summed E-state index contributed by atoms with van der Waals surface area (Å²) in [5.41, 5.74) is 0.541. The molecule has 2 rings (SSSR count). The topological polar surface area (TPSA) is 95.3 Å². The summed E-state index contributed by atoms with van der Waals surface area (Å²) in [4.78, 5) is 22.0. The van der Waals surface area contributed by atoms with Crippen molar-refractivity contribution in [3.05, 3.63) is 67.7 Å². The summed E-state index contributed by atoms with van der Waals surface area (Å²) in [7, 11) is 0. The normalized spacial score (nSPS) is 10.3. The Morgan fingerprint density at radius 3 is 2.52 bits per heavy atom. The average Bonchev–Trinajstić information content (AvgIpc) is 2.49. The van der Waals surface area contributed by atoms with Gasteiger partial charge in [0.1, 0.15) is 0 Å². The number of carbonyl (C=O) groups excluding carboxylic acids is 1. The smallest absolute Gasteiger partial charge is 0.269 e. The highest BCUT2D eigenvalue weighted by Crippen LogP contribution is 2.22. The van der Waals surface area contributed by atoms with Gasteiger partial charge in [-0.05, 0) is 23.3 Å². The molecular weight excluding hydrogens is 343 g/mol. The third-order valence-electron chi connectivity index (χ3n) is 3.10. The number of non-ortho nitro benzene ring substituents is 1. The van der Waals surface area contributed by atoms with Gasteiger partial charge in [-0.3, -0.25) is 14.9 Å². The first-order valence-electron chi connectivity index (χ1n) is 6.52. The van der Waals surface area contributed by atoms with E-state index >= 15 is 0 Å². The minimum atomic E-state index is -0.599. The second-order valence-corrected chi connectivity index (χ2v) is 5.58. The van der Waals surface area contributed by atoms with Gasteiger partial charge in [-0.15, -0.1) is 5.75 Å². The Morgan fingerprint density at radius 2 is 1.87 bits per heavy atom. The van der Waals surface area contributed by atoms with Crippen molar-refractivity contribution >= 4 is 34.8 Å². The van der Waals surface area contributed by atoms with E-state index in [0.717, 1.165) is 18.2 Å². The first kappa shape index (κ1) is 17.1. The number of halogens is 2. The Bertz CT molecular complexity index is 765. The van der Waals surface area contributed by atoms with E-state index < -0.39 is 4.92 Å². The first-order chi connectivity index (χ1) is 10.9. The summed E-state index contributed by atoms with van der Waals surface area (Å²) in [5, 5.41) is 25.7. The second-order valence-electron chi connectivity index (χ2n) is 4.74. The summed E-state index contributed by atoms with van der Waals surface area (Å²) < 4.78 is 0. The fourth-order valence-electron chi connectivity index (χ4n) is 1.91. The summed E-state index contributed by atoms with van der Waals surface area (Å²) in [6, 6.07) is 8.17. The van der Waals surface area contributed by atoms with Gasteiger partial charge in [0, 0.05) is 28.7 Å². The summed E-state index contributed by atoms with van der Waals surface area (Å²) in [6.45, 7) is -0.0927. The first-order valence-corrected chi connectivity index (χ1v) is 7.27. The predicted molar refractivity (Wildman–Crippen MR) is 84.6 cm³/mol. The highest BCUT2D eigenvalue weighted by atomic mass is 35.5. The molecule has 2 aromatic rings. The number of hydrogen-bond acceptors (Lipinski definition) is 4. The van der Waals surface area contributed by atoms with Crippen LogP contribution in [0.4, 0.5) is 5.69 Å². The highest BCUT2D eigenvalue weighted by molar-refractivity contribution is 6.35. The van der Waals surface area contributed by atoms with Crippen molar-refractivity contribution in [2.75, 3.05) is 0 Å². The van der Waals surface area contributed by atoms with Crippen LogP contribution in [0.2, 0.25) is 10.0 Å². The van der Waals surface area contributed by atoms with Gasteiger partial charge in [0.05, 0.1) is 11.3 Å². The standard InChI is InChI=1S/C15H12Cl2N2O4/c16-11-2-1-9(13(17)7-11)6-15(21)18-8-10-5-12(19(22)23)3-4-14(10)20/h1-5,7,20H,6,8H2,(H,18,21)/p-1. The Kier molecular flexibility index (Phi) is 5.41. The van der Waals surface area contributed by atoms with Crippen molar-refractivity contribution in [1.82, 2.24) is 5.32 Å². The van der Waals surface area contributed by atoms with Crippen molar-refractivity contribution in [1.29, 1.82) is 0 Å². The van der Waals surface area contributed by atoms with Gasteiger partial charge in [0.25, 0.3) is 5.69 Å². The van der Waals surface area contributed by atoms with E-state index in [1.165, 1.54) is 6.07 Å². The van der Waals surface area contributed by atoms with Crippen LogP contribution in [0.3, 0.4) is 0 Å². The molecule has 0 spiro atoms. The molecule has 0 aliphatic carbocycles. The number of nitro groups is 1. The minimum absolute atomic E-state index is 0.0130. The molecule has 0 radical (unpaired) electrons. The number of nitrogens with zero attached hydrogens (tertiary/aromatic N) is 1. The van der Waals surface area contributed by atoms with E-state index in [1.54, 1.807) is 12.1 Å². The lowest BCUT2D eigenvalue weighted by molar-refractivity contribution is -0.385. The molecule has 0 heterocycles. The lowest BCUT2D eigenvalue weighted by atomic mass is 10.1. The van der Waals surface area contributed by atoms with E-state index in [1.807, 2.05) is 0 Å². The predicted octanol–water partition coefficient (Wildman–Crippen LogP) is 2.83. The molecular formula is C15H11Cl2N2O4-. The SMILES string of the molecule is O=C(Cc1ccc(Cl)cc1Cl)NCc1cc([N+](=O)[O-])ccc1[O-]. The molecule has 0 aliphatic rings. The Hall–Kier alpha value is -2.31. The minimum Gasteiger partial charge on any atom is -0.872 e. The molecule has 1 amide bonds. The van der Waals surface area contributed by atoms with Gasteiger partial charge in [-0.25, -0.2) is 0 Å². The molecule has 0 saturated carbocycles. The maximum Gasteiger partial charge on any atom is 0.269 e. The van der Waals surface area contributed by atoms with E-state index in [-0.39, 0.29) is 35.9 Å². The van der Waals surface area contributed by atoms with E-state index in [9.17, 15) is 20.0 Å². The largest absolute Gasteiger partial charge is 0.872 e. The number of hydrogen-bond donors (Lipinski definition) is 1. The lowest BCUT2D eigenvalue weighted by Gasteiger charge is -2.14. The number of rotatable bonds is 5. The Morgan fingerprint density at radius 1 is 1.13 bits per heavy atom. The molecule has 8 heteroatoms. The van der Waals surface area contributed by atoms with Crippen LogP contribution in [0.5, 0.6) is 5.75 Å². The fourth-order valence-corrected chi connectivity index (χ4v) is 2.39. The van der Waals surface area contributed by atoms with Crippen LogP contribution < -0.4 is 10.4 Å². The average molecular weight is 354 g/mol. The van der Waals surface area contributed by atoms with Gasteiger partial charge in [-0.1, -0.05) is 35.3 Å². The van der Waals surface area contributed by atoms with Crippen LogP contribution in [0, 0.1) is 10.1 Å². The second kappa shape index (κ2) is 7.30. The van der Waals surface area contributed by atoms with Crippen LogP contribution in [0.15, 0.2) is 36.4 Å². The maximum atomic E-state index is 11.9. The molecule has 2 aromatic carbocycles. The van der Waals surface area contributed by atoms with Crippen molar-refractivity contribution in [2.45, 2.75) is 13.0 Å². The number of carbonyl (C=O) groups is 1. The molecule has 0 aromatic heterocycles. The molecule has 23 heavy (non-hydrogen) atoms. The monoisotopic (exact) mass is 353 g/mol. The highest BCUT2D eigenvalue weighted by Gasteiger charge is 2.10. The molecule has 6 nitrogen and oxygen atoms in total. The van der Waals surface area contributed by atoms with E-state index in [0.29, 0.717) is 15.6 Å². The van der Waals surface area contributed by atoms with Crippen LogP contribution >= 0.6 is 23.2 Å². The lowest BCUT2D eigenvalue weighted by Crippen LogP contribution is -2.25. The van der Waals surface area contributed by atoms with Gasteiger partial charge in [0.15, 0.2) is 0 Å². The van der Waals surface area contributed by atoms with Gasteiger partial charge in [0.2, 0.25) is 5.91 Å². The Balaban J connectivity index is 2.02. The van der Waals surface area contributed by atoms with Crippen LogP contribution in [-0.2, 0) is 17.8 Å². The number of benzene rings is 2. The summed E-state index contributed by atoms with van der Waals surface area (Å²) in [5.74, 6) is -0.736. The van der Waals surface area contributed by atoms with E-state index in [4.69, 9.17) is 23.2 Å². The zero-order valence-corrected chi connectivity index (χ0v) is 13.2. The van der Waals surface area contributed by atoms with Crippen molar-refractivity contribution < 1.29 is 14.8 Å². The molecule has 120 valence electrons. The zero-order valence-electron chi connectivity index (χ0n) is 11.7. The quantitative estimate of drug-likeness (QED) is 0.660. The number of nitrogens with one attached hydrogen (secondary N) is 1. The molecule has 0 bridgehead atoms. The van der Waals surface area contributed by atoms with Crippen LogP contribution in [0.1, 0.15) is 11.1 Å². The molecule has 1 N–H and O–H groups in total. The van der Waals surface area contributed by atoms with Gasteiger partial charge in [-0.2, -0.15) is 0 Å². The molecule has 0 saturated heterocycles. The zero-order chi connectivity index (χ0) is 17.0. The molecule has 0 atom stereocenters. The number of amides is 1. The fraction of sp³-hybridized carbons (Fsp3) is 0.133. The van der Waals surface area contributed by atoms with Crippen LogP contribution in [-0.4, -0.2) is 10.8 Å². The third-order valence-corrected chi connectivity index (χ3v) is 3.68. The molecule has 0 fully saturated rings. The summed E-state index contributed by atoms with van der Waals surface area (Å²) >= 11 is 11.8. The van der Waals surface area contributed by atoms with Crippen molar-refractivity contribution in [3.8, 4) is 5.75 Å². The maximum absolute atomic E-state index is 11.9. The van der Waals surface area contributed by atoms with Crippen LogP contribution in [0.25, 0.3) is 0 Å². The molecule has 0 aliphatic heterocycles. The third kappa shape index (κ3) is 4.58. The Labute approximate surface area is 141 Å². The van der Waals surface area contributed by atoms with Crippen molar-refractivity contribution in [3.63, 3.8) is 0 Å². The van der Waals surface area contributed by atoms with Gasteiger partial charge >= 0.3 is 0 Å².